The van der Waals surface area contributed by atoms with Crippen LogP contribution in [0.15, 0.2) is 30.3 Å². The number of amides is 1. The minimum atomic E-state index is -3.90. The zero-order valence-corrected chi connectivity index (χ0v) is 15.5. The summed E-state index contributed by atoms with van der Waals surface area (Å²) in [6, 6.07) is 7.04. The Bertz CT molecular complexity index is 919. The van der Waals surface area contributed by atoms with Crippen molar-refractivity contribution in [2.45, 2.75) is 13.5 Å². The average Bonchev–Trinajstić information content (AvgIpc) is 2.56. The van der Waals surface area contributed by atoms with Crippen LogP contribution in [-0.4, -0.2) is 32.4 Å². The number of carbonyl (C=O) groups excluding carboxylic acids is 1. The lowest BCUT2D eigenvalue weighted by atomic mass is 10.2. The summed E-state index contributed by atoms with van der Waals surface area (Å²) in [5.41, 5.74) is 6.46. The Morgan fingerprint density at radius 2 is 1.96 bits per heavy atom. The number of ether oxygens (including phenoxy) is 1. The zero-order chi connectivity index (χ0) is 20.0. The highest BCUT2D eigenvalue weighted by molar-refractivity contribution is 7.86. The summed E-state index contributed by atoms with van der Waals surface area (Å²) in [5.74, 6) is -0.560. The fourth-order valence-electron chi connectivity index (χ4n) is 2.05. The number of benzene rings is 1. The molecule has 0 saturated carbocycles. The second-order valence-electron chi connectivity index (χ2n) is 5.38. The minimum absolute atomic E-state index is 0.110. The second-order valence-corrected chi connectivity index (χ2v) is 6.95. The molecule has 146 valence electrons. The van der Waals surface area contributed by atoms with Crippen LogP contribution < -0.4 is 20.6 Å². The molecule has 0 unspecified atom stereocenters. The first-order valence-corrected chi connectivity index (χ1v) is 9.61. The summed E-state index contributed by atoms with van der Waals surface area (Å²) in [7, 11) is -3.90. The Balaban J connectivity index is 2.28. The summed E-state index contributed by atoms with van der Waals surface area (Å²) >= 11 is 0. The summed E-state index contributed by atoms with van der Waals surface area (Å²) in [5, 5.41) is 5.22. The van der Waals surface area contributed by atoms with Gasteiger partial charge in [-0.1, -0.05) is 12.1 Å². The maximum Gasteiger partial charge on any atom is 0.411 e. The molecule has 0 saturated heterocycles. The van der Waals surface area contributed by atoms with Crippen molar-refractivity contribution in [2.75, 3.05) is 29.2 Å². The van der Waals surface area contributed by atoms with Gasteiger partial charge in [-0.3, -0.25) is 5.32 Å². The van der Waals surface area contributed by atoms with Gasteiger partial charge in [0.1, 0.15) is 17.3 Å². The first-order chi connectivity index (χ1) is 12.7. The number of hydrogen-bond donors (Lipinski definition) is 3. The standard InChI is InChI=1S/C16H19FN4O5S/c1-3-25-16(22)21-14-12(26-27(2,23)24)8-13(20-15(14)18)19-9-10-4-6-11(17)7-5-10/h4-8H,3,9H2,1-2H3,(H,21,22)(H3,18,19,20). The van der Waals surface area contributed by atoms with E-state index in [2.05, 4.69) is 15.6 Å². The zero-order valence-electron chi connectivity index (χ0n) is 14.7. The van der Waals surface area contributed by atoms with E-state index in [9.17, 15) is 17.6 Å². The number of nitrogens with one attached hydrogen (secondary N) is 2. The van der Waals surface area contributed by atoms with Gasteiger partial charge in [0, 0.05) is 12.6 Å². The van der Waals surface area contributed by atoms with Crippen molar-refractivity contribution in [3.05, 3.63) is 41.7 Å². The molecule has 2 aromatic rings. The van der Waals surface area contributed by atoms with E-state index in [0.29, 0.717) is 0 Å². The summed E-state index contributed by atoms with van der Waals surface area (Å²) in [4.78, 5) is 15.7. The first-order valence-electron chi connectivity index (χ1n) is 7.80. The first kappa shape index (κ1) is 20.2. The van der Waals surface area contributed by atoms with E-state index in [0.717, 1.165) is 11.8 Å². The number of halogens is 1. The van der Waals surface area contributed by atoms with Crippen LogP contribution in [0.2, 0.25) is 0 Å². The molecule has 0 spiro atoms. The predicted octanol–water partition coefficient (Wildman–Crippen LogP) is 2.32. The van der Waals surface area contributed by atoms with Gasteiger partial charge >= 0.3 is 16.2 Å². The SMILES string of the molecule is CCOC(=O)Nc1c(OS(C)(=O)=O)cc(NCc2ccc(F)cc2)nc1N. The smallest absolute Gasteiger partial charge is 0.411 e. The molecular weight excluding hydrogens is 379 g/mol. The summed E-state index contributed by atoms with van der Waals surface area (Å²) in [6.45, 7) is 1.99. The Labute approximate surface area is 155 Å². The maximum atomic E-state index is 12.9. The Morgan fingerprint density at radius 1 is 1.30 bits per heavy atom. The van der Waals surface area contributed by atoms with Crippen LogP contribution in [0.3, 0.4) is 0 Å². The molecule has 0 aliphatic carbocycles. The molecule has 0 aliphatic heterocycles. The molecule has 4 N–H and O–H groups in total. The van der Waals surface area contributed by atoms with E-state index < -0.39 is 16.2 Å². The van der Waals surface area contributed by atoms with Crippen LogP contribution in [0.1, 0.15) is 12.5 Å². The van der Waals surface area contributed by atoms with E-state index in [1.54, 1.807) is 19.1 Å². The Morgan fingerprint density at radius 3 is 2.56 bits per heavy atom. The number of nitrogens with zero attached hydrogens (tertiary/aromatic N) is 1. The fraction of sp³-hybridized carbons (Fsp3) is 0.250. The lowest BCUT2D eigenvalue weighted by Crippen LogP contribution is -2.18. The van der Waals surface area contributed by atoms with Crippen molar-refractivity contribution < 1.29 is 26.5 Å². The molecule has 9 nitrogen and oxygen atoms in total. The number of pyridine rings is 1. The number of anilines is 3. The molecule has 1 amide bonds. The molecule has 27 heavy (non-hydrogen) atoms. The molecule has 0 aliphatic rings. The molecule has 1 aromatic heterocycles. The van der Waals surface area contributed by atoms with Crippen LogP contribution >= 0.6 is 0 Å². The van der Waals surface area contributed by atoms with Crippen molar-refractivity contribution >= 4 is 33.5 Å². The molecule has 0 bridgehead atoms. The van der Waals surface area contributed by atoms with E-state index in [-0.39, 0.29) is 42.0 Å². The van der Waals surface area contributed by atoms with Crippen LogP contribution in [0.25, 0.3) is 0 Å². The van der Waals surface area contributed by atoms with Gasteiger partial charge in [-0.15, -0.1) is 0 Å². The fourth-order valence-corrected chi connectivity index (χ4v) is 2.51. The number of aromatic nitrogens is 1. The molecular formula is C16H19FN4O5S. The van der Waals surface area contributed by atoms with Gasteiger partial charge < -0.3 is 20.0 Å². The van der Waals surface area contributed by atoms with Crippen molar-refractivity contribution in [3.8, 4) is 5.75 Å². The number of nitrogens with two attached hydrogens (primary N) is 1. The highest BCUT2D eigenvalue weighted by atomic mass is 32.2. The molecule has 0 radical (unpaired) electrons. The number of nitrogen functional groups attached to an aromatic ring is 1. The quantitative estimate of drug-likeness (QED) is 0.605. The minimum Gasteiger partial charge on any atom is -0.450 e. The predicted molar refractivity (Wildman–Crippen MR) is 98.5 cm³/mol. The largest absolute Gasteiger partial charge is 0.450 e. The lowest BCUT2D eigenvalue weighted by molar-refractivity contribution is 0.168. The topological polar surface area (TPSA) is 133 Å². The Kier molecular flexibility index (Phi) is 6.40. The second kappa shape index (κ2) is 8.54. The third-order valence-electron chi connectivity index (χ3n) is 3.14. The normalized spacial score (nSPS) is 10.9. The van der Waals surface area contributed by atoms with E-state index in [4.69, 9.17) is 14.7 Å². The summed E-state index contributed by atoms with van der Waals surface area (Å²) in [6.07, 6.45) is 0.0139. The van der Waals surface area contributed by atoms with Crippen LogP contribution in [0.4, 0.5) is 26.5 Å². The monoisotopic (exact) mass is 398 g/mol. The average molecular weight is 398 g/mol. The van der Waals surface area contributed by atoms with Gasteiger partial charge in [-0.05, 0) is 24.6 Å². The molecule has 0 atom stereocenters. The number of carbonyl (C=O) groups is 1. The highest BCUT2D eigenvalue weighted by Gasteiger charge is 2.18. The van der Waals surface area contributed by atoms with Crippen LogP contribution in [-0.2, 0) is 21.4 Å². The van der Waals surface area contributed by atoms with Crippen LogP contribution in [0, 0.1) is 5.82 Å². The molecule has 1 heterocycles. The highest BCUT2D eigenvalue weighted by Crippen LogP contribution is 2.33. The number of rotatable bonds is 7. The molecule has 11 heteroatoms. The molecule has 2 rings (SSSR count). The van der Waals surface area contributed by atoms with Gasteiger partial charge in [0.15, 0.2) is 11.6 Å². The van der Waals surface area contributed by atoms with Gasteiger partial charge in [0.2, 0.25) is 0 Å². The van der Waals surface area contributed by atoms with Crippen molar-refractivity contribution in [1.82, 2.24) is 4.98 Å². The summed E-state index contributed by atoms with van der Waals surface area (Å²) < 4.78 is 45.6. The van der Waals surface area contributed by atoms with Gasteiger partial charge in [0.25, 0.3) is 0 Å². The van der Waals surface area contributed by atoms with Gasteiger partial charge in [-0.2, -0.15) is 8.42 Å². The van der Waals surface area contributed by atoms with E-state index >= 15 is 0 Å². The third-order valence-corrected chi connectivity index (χ3v) is 3.62. The van der Waals surface area contributed by atoms with Crippen molar-refractivity contribution in [2.24, 2.45) is 0 Å². The number of hydrogen-bond acceptors (Lipinski definition) is 8. The molecule has 1 aromatic carbocycles. The maximum absolute atomic E-state index is 12.9. The van der Waals surface area contributed by atoms with Gasteiger partial charge in [0.05, 0.1) is 12.9 Å². The van der Waals surface area contributed by atoms with E-state index in [1.807, 2.05) is 0 Å². The lowest BCUT2D eigenvalue weighted by Gasteiger charge is -2.15. The van der Waals surface area contributed by atoms with Crippen LogP contribution in [0.5, 0.6) is 5.75 Å². The van der Waals surface area contributed by atoms with E-state index in [1.165, 1.54) is 18.2 Å². The Hall–Kier alpha value is -3.08. The van der Waals surface area contributed by atoms with Crippen molar-refractivity contribution in [1.29, 1.82) is 0 Å². The van der Waals surface area contributed by atoms with Crippen molar-refractivity contribution in [3.63, 3.8) is 0 Å². The molecule has 0 fully saturated rings. The van der Waals surface area contributed by atoms with Gasteiger partial charge in [-0.25, -0.2) is 14.2 Å². The third kappa shape index (κ3) is 6.29.